The Labute approximate surface area is 132 Å². The molecule has 3 saturated heterocycles. The lowest BCUT2D eigenvalue weighted by Gasteiger charge is -2.31. The van der Waals surface area contributed by atoms with E-state index in [0.717, 1.165) is 51.4 Å². The highest BCUT2D eigenvalue weighted by Gasteiger charge is 2.31. The molecule has 4 heterocycles. The molecular formula is C16H27N5O. The molecule has 3 aliphatic rings. The molecule has 1 aromatic heterocycles. The lowest BCUT2D eigenvalue weighted by atomic mass is 10.1. The highest BCUT2D eigenvalue weighted by Crippen LogP contribution is 2.20. The first-order valence-corrected chi connectivity index (χ1v) is 8.40. The summed E-state index contributed by atoms with van der Waals surface area (Å²) in [4.78, 5) is 21.4. The average Bonchev–Trinajstić information content (AvgIpc) is 2.72. The van der Waals surface area contributed by atoms with E-state index in [0.29, 0.717) is 18.5 Å². The van der Waals surface area contributed by atoms with Gasteiger partial charge in [-0.25, -0.2) is 9.78 Å². The van der Waals surface area contributed by atoms with Gasteiger partial charge in [0.2, 0.25) is 0 Å². The number of nitrogens with zero attached hydrogens (tertiary/aromatic N) is 4. The predicted octanol–water partition coefficient (Wildman–Crippen LogP) is 1.53. The SMILES string of the molecule is CC(C)Cn1ccnc1CNC(=O)N1CCN2CCC1CC2. The standard InChI is InChI=1S/C16H27N5O/c1-13(2)12-20-8-5-17-15(20)11-18-16(22)21-10-9-19-6-3-14(21)4-7-19/h5,8,13-14H,3-4,6-7,9-12H2,1-2H3,(H,18,22). The van der Waals surface area contributed by atoms with Gasteiger partial charge in [0.15, 0.2) is 0 Å². The monoisotopic (exact) mass is 305 g/mol. The molecule has 0 aliphatic carbocycles. The zero-order valence-corrected chi connectivity index (χ0v) is 13.7. The average molecular weight is 305 g/mol. The van der Waals surface area contributed by atoms with Gasteiger partial charge in [0.05, 0.1) is 6.54 Å². The van der Waals surface area contributed by atoms with E-state index >= 15 is 0 Å². The molecule has 0 atom stereocenters. The Kier molecular flexibility index (Phi) is 4.66. The van der Waals surface area contributed by atoms with E-state index in [1.54, 1.807) is 0 Å². The van der Waals surface area contributed by atoms with Crippen LogP contribution in [0.4, 0.5) is 4.79 Å². The number of imidazole rings is 1. The number of piperidine rings is 1. The van der Waals surface area contributed by atoms with Crippen molar-refractivity contribution >= 4 is 6.03 Å². The fourth-order valence-electron chi connectivity index (χ4n) is 3.48. The summed E-state index contributed by atoms with van der Waals surface area (Å²) in [6, 6.07) is 0.474. The van der Waals surface area contributed by atoms with Crippen molar-refractivity contribution in [3.05, 3.63) is 18.2 Å². The van der Waals surface area contributed by atoms with Crippen molar-refractivity contribution in [2.45, 2.75) is 45.8 Å². The molecule has 1 aromatic rings. The minimum atomic E-state index is 0.0628. The highest BCUT2D eigenvalue weighted by molar-refractivity contribution is 5.74. The molecule has 2 bridgehead atoms. The van der Waals surface area contributed by atoms with Crippen molar-refractivity contribution in [1.29, 1.82) is 0 Å². The molecule has 0 radical (unpaired) electrons. The molecule has 122 valence electrons. The van der Waals surface area contributed by atoms with Crippen LogP contribution in [0.5, 0.6) is 0 Å². The van der Waals surface area contributed by atoms with E-state index in [1.807, 2.05) is 17.3 Å². The highest BCUT2D eigenvalue weighted by atomic mass is 16.2. The van der Waals surface area contributed by atoms with Crippen molar-refractivity contribution in [2.75, 3.05) is 26.2 Å². The van der Waals surface area contributed by atoms with Crippen LogP contribution in [0.25, 0.3) is 0 Å². The van der Waals surface area contributed by atoms with Gasteiger partial charge >= 0.3 is 6.03 Å². The summed E-state index contributed by atoms with van der Waals surface area (Å²) < 4.78 is 2.13. The largest absolute Gasteiger partial charge is 0.333 e. The van der Waals surface area contributed by atoms with Crippen molar-refractivity contribution in [2.24, 2.45) is 5.92 Å². The molecule has 3 fully saturated rings. The van der Waals surface area contributed by atoms with Gasteiger partial charge < -0.3 is 19.7 Å². The van der Waals surface area contributed by atoms with Crippen molar-refractivity contribution in [1.82, 2.24) is 24.7 Å². The maximum Gasteiger partial charge on any atom is 0.318 e. The van der Waals surface area contributed by atoms with Crippen molar-refractivity contribution in [3.63, 3.8) is 0 Å². The van der Waals surface area contributed by atoms with E-state index in [1.165, 1.54) is 0 Å². The van der Waals surface area contributed by atoms with Crippen LogP contribution in [-0.2, 0) is 13.1 Å². The van der Waals surface area contributed by atoms with Gasteiger partial charge in [0.25, 0.3) is 0 Å². The Morgan fingerprint density at radius 2 is 2.09 bits per heavy atom. The number of fused-ring (bicyclic) bond motifs is 4. The first-order chi connectivity index (χ1) is 10.6. The Bertz CT molecular complexity index is 504. The maximum atomic E-state index is 12.5. The maximum absolute atomic E-state index is 12.5. The number of rotatable bonds is 4. The number of hydrogen-bond acceptors (Lipinski definition) is 3. The molecule has 0 aromatic carbocycles. The normalized spacial score (nSPS) is 24.6. The molecule has 6 heteroatoms. The fourth-order valence-corrected chi connectivity index (χ4v) is 3.48. The van der Waals surface area contributed by atoms with Crippen LogP contribution in [0.2, 0.25) is 0 Å². The molecule has 6 nitrogen and oxygen atoms in total. The summed E-state index contributed by atoms with van der Waals surface area (Å²) in [6.07, 6.45) is 6.01. The van der Waals surface area contributed by atoms with Crippen LogP contribution in [-0.4, -0.2) is 57.6 Å². The zero-order valence-electron chi connectivity index (χ0n) is 13.7. The number of nitrogens with one attached hydrogen (secondary N) is 1. The number of amides is 2. The Balaban J connectivity index is 1.57. The third kappa shape index (κ3) is 3.43. The summed E-state index contributed by atoms with van der Waals surface area (Å²) in [6.45, 7) is 9.93. The summed E-state index contributed by atoms with van der Waals surface area (Å²) in [7, 11) is 0. The number of carbonyl (C=O) groups is 1. The Morgan fingerprint density at radius 1 is 1.32 bits per heavy atom. The van der Waals surface area contributed by atoms with Gasteiger partial charge in [-0.2, -0.15) is 0 Å². The number of urea groups is 1. The minimum absolute atomic E-state index is 0.0628. The van der Waals surface area contributed by atoms with E-state index < -0.39 is 0 Å². The minimum Gasteiger partial charge on any atom is -0.333 e. The fraction of sp³-hybridized carbons (Fsp3) is 0.750. The van der Waals surface area contributed by atoms with Crippen LogP contribution < -0.4 is 5.32 Å². The van der Waals surface area contributed by atoms with E-state index in [9.17, 15) is 4.79 Å². The Hall–Kier alpha value is -1.56. The van der Waals surface area contributed by atoms with E-state index in [2.05, 4.69) is 33.6 Å². The quantitative estimate of drug-likeness (QED) is 0.918. The first-order valence-electron chi connectivity index (χ1n) is 8.40. The van der Waals surface area contributed by atoms with Gasteiger partial charge in [0.1, 0.15) is 5.82 Å². The zero-order chi connectivity index (χ0) is 15.5. The van der Waals surface area contributed by atoms with Crippen LogP contribution >= 0.6 is 0 Å². The second kappa shape index (κ2) is 6.69. The molecular weight excluding hydrogens is 278 g/mol. The van der Waals surface area contributed by atoms with Gasteiger partial charge in [-0.15, -0.1) is 0 Å². The van der Waals surface area contributed by atoms with E-state index in [4.69, 9.17) is 0 Å². The van der Waals surface area contributed by atoms with Gasteiger partial charge in [-0.3, -0.25) is 0 Å². The first kappa shape index (κ1) is 15.3. The summed E-state index contributed by atoms with van der Waals surface area (Å²) in [5.74, 6) is 1.50. The lowest BCUT2D eigenvalue weighted by Crippen LogP contribution is -2.46. The second-order valence-electron chi connectivity index (χ2n) is 6.81. The van der Waals surface area contributed by atoms with Crippen LogP contribution in [0, 0.1) is 5.92 Å². The predicted molar refractivity (Wildman–Crippen MR) is 85.5 cm³/mol. The molecule has 0 saturated carbocycles. The third-order valence-electron chi connectivity index (χ3n) is 4.68. The van der Waals surface area contributed by atoms with Crippen molar-refractivity contribution in [3.8, 4) is 0 Å². The third-order valence-corrected chi connectivity index (χ3v) is 4.68. The van der Waals surface area contributed by atoms with Gasteiger partial charge in [-0.1, -0.05) is 13.8 Å². The number of aromatic nitrogens is 2. The van der Waals surface area contributed by atoms with Crippen molar-refractivity contribution < 1.29 is 4.79 Å². The molecule has 3 aliphatic heterocycles. The molecule has 22 heavy (non-hydrogen) atoms. The van der Waals surface area contributed by atoms with Gasteiger partial charge in [-0.05, 0) is 18.8 Å². The van der Waals surface area contributed by atoms with Gasteiger partial charge in [0, 0.05) is 51.2 Å². The molecule has 2 amide bonds. The van der Waals surface area contributed by atoms with Crippen LogP contribution in [0.3, 0.4) is 0 Å². The molecule has 0 spiro atoms. The molecule has 0 unspecified atom stereocenters. The lowest BCUT2D eigenvalue weighted by molar-refractivity contribution is 0.169. The Morgan fingerprint density at radius 3 is 2.82 bits per heavy atom. The van der Waals surface area contributed by atoms with Crippen LogP contribution in [0.1, 0.15) is 32.5 Å². The molecule has 4 rings (SSSR count). The van der Waals surface area contributed by atoms with Crippen LogP contribution in [0.15, 0.2) is 12.4 Å². The molecule has 1 N–H and O–H groups in total. The second-order valence-corrected chi connectivity index (χ2v) is 6.81. The smallest absolute Gasteiger partial charge is 0.318 e. The summed E-state index contributed by atoms with van der Waals surface area (Å²) >= 11 is 0. The number of carbonyl (C=O) groups excluding carboxylic acids is 1. The summed E-state index contributed by atoms with van der Waals surface area (Å²) in [5, 5.41) is 3.06. The van der Waals surface area contributed by atoms with E-state index in [-0.39, 0.29) is 6.03 Å². The summed E-state index contributed by atoms with van der Waals surface area (Å²) in [5.41, 5.74) is 0. The topological polar surface area (TPSA) is 53.4 Å². The number of hydrogen-bond donors (Lipinski definition) is 1.